The number of amides is 1. The van der Waals surface area contributed by atoms with Crippen LogP contribution in [0.15, 0.2) is 31.0 Å². The lowest BCUT2D eigenvalue weighted by molar-refractivity contribution is -0.150. The van der Waals surface area contributed by atoms with Crippen LogP contribution >= 0.6 is 0 Å². The molecule has 160 valence electrons. The maximum absolute atomic E-state index is 12.3. The molecule has 1 aliphatic carbocycles. The Bertz CT molecular complexity index is 1020. The van der Waals surface area contributed by atoms with Crippen molar-refractivity contribution in [1.29, 1.82) is 0 Å². The number of alkyl halides is 3. The first-order valence-electron chi connectivity index (χ1n) is 9.66. The van der Waals surface area contributed by atoms with Gasteiger partial charge in [-0.25, -0.2) is 9.97 Å². The molecular formula is C19H21F3N6O2. The highest BCUT2D eigenvalue weighted by Gasteiger charge is 2.29. The van der Waals surface area contributed by atoms with Crippen LogP contribution < -0.4 is 5.73 Å². The van der Waals surface area contributed by atoms with Crippen molar-refractivity contribution in [1.82, 2.24) is 24.3 Å². The number of nitrogens with two attached hydrogens (primary N) is 1. The number of fused-ring (bicyclic) bond motifs is 1. The number of primary amides is 1. The third kappa shape index (κ3) is 4.30. The Balaban J connectivity index is 1.52. The van der Waals surface area contributed by atoms with Crippen LogP contribution in [0.2, 0.25) is 0 Å². The van der Waals surface area contributed by atoms with Gasteiger partial charge in [0.1, 0.15) is 17.7 Å². The van der Waals surface area contributed by atoms with Crippen molar-refractivity contribution < 1.29 is 22.7 Å². The number of imidazole rings is 1. The van der Waals surface area contributed by atoms with Gasteiger partial charge in [-0.05, 0) is 31.7 Å². The first-order valence-corrected chi connectivity index (χ1v) is 9.66. The first-order chi connectivity index (χ1) is 14.3. The standard InChI is InChI=1S/C19H21F3N6O2/c20-19(21,22)5-8-30-14-3-1-13(2-4-14)28-17-12(10-25-28)9-15(26-16(17)18(23)29)27-7-6-24-11-27/h6-7,9-11,13-14H,1-5,8H2,(H2,23,29). The van der Waals surface area contributed by atoms with Crippen LogP contribution in [0.3, 0.4) is 0 Å². The van der Waals surface area contributed by atoms with Gasteiger partial charge in [-0.15, -0.1) is 0 Å². The monoisotopic (exact) mass is 422 g/mol. The fourth-order valence-electron chi connectivity index (χ4n) is 3.84. The van der Waals surface area contributed by atoms with Gasteiger partial charge in [-0.3, -0.25) is 14.0 Å². The average molecular weight is 422 g/mol. The van der Waals surface area contributed by atoms with Gasteiger partial charge in [-0.2, -0.15) is 18.3 Å². The van der Waals surface area contributed by atoms with Crippen molar-refractivity contribution in [3.63, 3.8) is 0 Å². The van der Waals surface area contributed by atoms with E-state index in [0.29, 0.717) is 37.0 Å². The predicted octanol–water partition coefficient (Wildman–Crippen LogP) is 3.17. The minimum atomic E-state index is -4.21. The molecule has 0 unspecified atom stereocenters. The molecule has 30 heavy (non-hydrogen) atoms. The summed E-state index contributed by atoms with van der Waals surface area (Å²) in [6.07, 6.45) is 3.79. The Morgan fingerprint density at radius 3 is 2.67 bits per heavy atom. The molecule has 1 saturated carbocycles. The molecule has 0 aliphatic heterocycles. The van der Waals surface area contributed by atoms with E-state index >= 15 is 0 Å². The second-order valence-corrected chi connectivity index (χ2v) is 7.36. The molecular weight excluding hydrogens is 401 g/mol. The quantitative estimate of drug-likeness (QED) is 0.658. The number of aromatic nitrogens is 5. The van der Waals surface area contributed by atoms with Crippen molar-refractivity contribution in [3.8, 4) is 5.82 Å². The van der Waals surface area contributed by atoms with Crippen LogP contribution in [0.25, 0.3) is 16.7 Å². The van der Waals surface area contributed by atoms with Crippen molar-refractivity contribution in [2.75, 3.05) is 6.61 Å². The van der Waals surface area contributed by atoms with E-state index < -0.39 is 18.5 Å². The Hall–Kier alpha value is -2.95. The molecule has 0 bridgehead atoms. The number of rotatable bonds is 6. The number of ether oxygens (including phenoxy) is 1. The molecule has 4 rings (SSSR count). The van der Waals surface area contributed by atoms with Gasteiger partial charge < -0.3 is 10.5 Å². The number of carbonyl (C=O) groups excluding carboxylic acids is 1. The van der Waals surface area contributed by atoms with E-state index in [1.54, 1.807) is 40.2 Å². The number of carbonyl (C=O) groups is 1. The summed E-state index contributed by atoms with van der Waals surface area (Å²) in [4.78, 5) is 20.5. The zero-order chi connectivity index (χ0) is 21.3. The Labute approximate surface area is 169 Å². The molecule has 3 heterocycles. The molecule has 0 radical (unpaired) electrons. The fourth-order valence-corrected chi connectivity index (χ4v) is 3.84. The number of halogens is 3. The first kappa shape index (κ1) is 20.3. The topological polar surface area (TPSA) is 101 Å². The molecule has 0 aromatic carbocycles. The zero-order valence-corrected chi connectivity index (χ0v) is 16.0. The highest BCUT2D eigenvalue weighted by molar-refractivity contribution is 6.03. The van der Waals surface area contributed by atoms with Gasteiger partial charge >= 0.3 is 6.18 Å². The van der Waals surface area contributed by atoms with E-state index in [1.165, 1.54) is 0 Å². The third-order valence-corrected chi connectivity index (χ3v) is 5.29. The number of nitrogens with zero attached hydrogens (tertiary/aromatic N) is 5. The molecule has 1 fully saturated rings. The van der Waals surface area contributed by atoms with Gasteiger partial charge in [0, 0.05) is 17.8 Å². The highest BCUT2D eigenvalue weighted by Crippen LogP contribution is 2.33. The predicted molar refractivity (Wildman–Crippen MR) is 101 cm³/mol. The Morgan fingerprint density at radius 2 is 2.03 bits per heavy atom. The van der Waals surface area contributed by atoms with Crippen LogP contribution in [0.4, 0.5) is 13.2 Å². The Kier molecular flexibility index (Phi) is 5.46. The summed E-state index contributed by atoms with van der Waals surface area (Å²) in [7, 11) is 0. The van der Waals surface area contributed by atoms with Crippen LogP contribution in [-0.4, -0.2) is 49.1 Å². The molecule has 1 amide bonds. The minimum Gasteiger partial charge on any atom is -0.378 e. The van der Waals surface area contributed by atoms with Gasteiger partial charge in [0.05, 0.1) is 31.4 Å². The smallest absolute Gasteiger partial charge is 0.378 e. The molecule has 3 aromatic rings. The summed E-state index contributed by atoms with van der Waals surface area (Å²) in [6.45, 7) is -0.323. The van der Waals surface area contributed by atoms with Crippen LogP contribution in [0.5, 0.6) is 0 Å². The lowest BCUT2D eigenvalue weighted by atomic mass is 9.93. The van der Waals surface area contributed by atoms with E-state index in [-0.39, 0.29) is 24.4 Å². The summed E-state index contributed by atoms with van der Waals surface area (Å²) < 4.78 is 45.7. The lowest BCUT2D eigenvalue weighted by Crippen LogP contribution is -2.26. The molecule has 1 aliphatic rings. The van der Waals surface area contributed by atoms with E-state index in [2.05, 4.69) is 15.1 Å². The van der Waals surface area contributed by atoms with E-state index in [0.717, 1.165) is 5.39 Å². The van der Waals surface area contributed by atoms with Crippen LogP contribution in [0, 0.1) is 0 Å². The average Bonchev–Trinajstić information content (AvgIpc) is 3.37. The summed E-state index contributed by atoms with van der Waals surface area (Å²) >= 11 is 0. The van der Waals surface area contributed by atoms with E-state index in [4.69, 9.17) is 10.5 Å². The van der Waals surface area contributed by atoms with Gasteiger partial charge in [0.2, 0.25) is 0 Å². The normalized spacial score (nSPS) is 20.0. The number of pyridine rings is 1. The lowest BCUT2D eigenvalue weighted by Gasteiger charge is -2.29. The van der Waals surface area contributed by atoms with Gasteiger partial charge in [0.25, 0.3) is 5.91 Å². The molecule has 0 atom stereocenters. The molecule has 11 heteroatoms. The van der Waals surface area contributed by atoms with Crippen LogP contribution in [0.1, 0.15) is 48.6 Å². The van der Waals surface area contributed by atoms with Gasteiger partial charge in [-0.1, -0.05) is 0 Å². The second kappa shape index (κ2) is 8.05. The molecule has 2 N–H and O–H groups in total. The summed E-state index contributed by atoms with van der Waals surface area (Å²) in [6, 6.07) is 1.79. The Morgan fingerprint density at radius 1 is 1.27 bits per heavy atom. The largest absolute Gasteiger partial charge is 0.391 e. The van der Waals surface area contributed by atoms with Gasteiger partial charge in [0.15, 0.2) is 5.69 Å². The molecule has 3 aromatic heterocycles. The molecule has 0 spiro atoms. The van der Waals surface area contributed by atoms with Crippen molar-refractivity contribution >= 4 is 16.8 Å². The molecule has 8 nitrogen and oxygen atoms in total. The third-order valence-electron chi connectivity index (χ3n) is 5.29. The van der Waals surface area contributed by atoms with Crippen molar-refractivity contribution in [2.24, 2.45) is 5.73 Å². The van der Waals surface area contributed by atoms with E-state index in [1.807, 2.05) is 0 Å². The second-order valence-electron chi connectivity index (χ2n) is 7.36. The maximum atomic E-state index is 12.3. The summed E-state index contributed by atoms with van der Waals surface area (Å²) in [5, 5.41) is 5.19. The summed E-state index contributed by atoms with van der Waals surface area (Å²) in [5.41, 5.74) is 6.28. The summed E-state index contributed by atoms with van der Waals surface area (Å²) in [5.74, 6) is -0.150. The SMILES string of the molecule is NC(=O)c1nc(-n2ccnc2)cc2cnn(C3CCC(OCCC(F)(F)F)CC3)c12. The van der Waals surface area contributed by atoms with Crippen molar-refractivity contribution in [2.45, 2.75) is 50.4 Å². The number of hydrogen-bond donors (Lipinski definition) is 1. The minimum absolute atomic E-state index is 0.0102. The number of hydrogen-bond acceptors (Lipinski definition) is 5. The maximum Gasteiger partial charge on any atom is 0.391 e. The highest BCUT2D eigenvalue weighted by atomic mass is 19.4. The van der Waals surface area contributed by atoms with Crippen molar-refractivity contribution in [3.05, 3.63) is 36.7 Å². The zero-order valence-electron chi connectivity index (χ0n) is 16.0. The van der Waals surface area contributed by atoms with E-state index in [9.17, 15) is 18.0 Å². The van der Waals surface area contributed by atoms with Crippen LogP contribution in [-0.2, 0) is 4.74 Å². The fraction of sp³-hybridized carbons (Fsp3) is 0.474. The molecule has 0 saturated heterocycles.